The first-order valence-corrected chi connectivity index (χ1v) is 9.37. The fraction of sp³-hybridized carbons (Fsp3) is 0.200. The molecule has 0 amide bonds. The first kappa shape index (κ1) is 16.4. The van der Waals surface area contributed by atoms with Crippen molar-refractivity contribution in [1.82, 2.24) is 14.5 Å². The van der Waals surface area contributed by atoms with Crippen molar-refractivity contribution in [3.63, 3.8) is 0 Å². The quantitative estimate of drug-likeness (QED) is 0.528. The molecule has 136 valence electrons. The second-order valence-electron chi connectivity index (χ2n) is 6.54. The lowest BCUT2D eigenvalue weighted by Gasteiger charge is -2.19. The van der Waals surface area contributed by atoms with E-state index in [-0.39, 0.29) is 5.56 Å². The Hall–Kier alpha value is -2.80. The highest BCUT2D eigenvalue weighted by Crippen LogP contribution is 2.36. The van der Waals surface area contributed by atoms with Gasteiger partial charge in [0.15, 0.2) is 17.3 Å². The van der Waals surface area contributed by atoms with Gasteiger partial charge in [0.2, 0.25) is 0 Å². The minimum absolute atomic E-state index is 0.0681. The molecule has 1 aliphatic rings. The van der Waals surface area contributed by atoms with Crippen molar-refractivity contribution in [3.05, 3.63) is 50.7 Å². The molecule has 0 aliphatic carbocycles. The molecule has 0 unspecified atom stereocenters. The SMILES string of the molecule is COc1cc2nc3n(c(=O)c2cc1OC)CCc1c-3[nH]c2ccc(Br)cc12. The number of fused-ring (bicyclic) bond motifs is 6. The molecule has 0 saturated carbocycles. The Labute approximate surface area is 162 Å². The van der Waals surface area contributed by atoms with Crippen molar-refractivity contribution in [3.8, 4) is 23.0 Å². The molecule has 7 heteroatoms. The highest BCUT2D eigenvalue weighted by molar-refractivity contribution is 9.10. The number of nitrogens with one attached hydrogen (secondary N) is 1. The number of ether oxygens (including phenoxy) is 2. The number of aromatic amines is 1. The Balaban J connectivity index is 1.84. The van der Waals surface area contributed by atoms with Gasteiger partial charge in [0.05, 0.1) is 30.8 Å². The van der Waals surface area contributed by atoms with Crippen molar-refractivity contribution in [2.75, 3.05) is 14.2 Å². The normalized spacial score (nSPS) is 12.9. The van der Waals surface area contributed by atoms with E-state index in [9.17, 15) is 4.79 Å². The zero-order chi connectivity index (χ0) is 18.7. The van der Waals surface area contributed by atoms with Crippen LogP contribution in [0.1, 0.15) is 5.56 Å². The Bertz CT molecular complexity index is 1290. The number of hydrogen-bond acceptors (Lipinski definition) is 4. The van der Waals surface area contributed by atoms with Gasteiger partial charge in [-0.05, 0) is 36.2 Å². The zero-order valence-electron chi connectivity index (χ0n) is 14.8. The van der Waals surface area contributed by atoms with Crippen LogP contribution in [0.15, 0.2) is 39.6 Å². The van der Waals surface area contributed by atoms with Crippen LogP contribution in [0.5, 0.6) is 11.5 Å². The second-order valence-corrected chi connectivity index (χ2v) is 7.45. The van der Waals surface area contributed by atoms with Crippen molar-refractivity contribution < 1.29 is 9.47 Å². The summed E-state index contributed by atoms with van der Waals surface area (Å²) in [6.07, 6.45) is 0.777. The number of halogens is 1. The van der Waals surface area contributed by atoms with Gasteiger partial charge in [-0.3, -0.25) is 9.36 Å². The summed E-state index contributed by atoms with van der Waals surface area (Å²) in [7, 11) is 3.13. The molecule has 6 nitrogen and oxygen atoms in total. The van der Waals surface area contributed by atoms with Crippen LogP contribution in [-0.2, 0) is 13.0 Å². The average molecular weight is 426 g/mol. The number of benzene rings is 2. The van der Waals surface area contributed by atoms with E-state index in [0.29, 0.717) is 34.8 Å². The molecule has 5 rings (SSSR count). The minimum Gasteiger partial charge on any atom is -0.493 e. The van der Waals surface area contributed by atoms with Crippen molar-refractivity contribution in [1.29, 1.82) is 0 Å². The summed E-state index contributed by atoms with van der Waals surface area (Å²) >= 11 is 3.54. The molecule has 0 bridgehead atoms. The van der Waals surface area contributed by atoms with Gasteiger partial charge in [0.25, 0.3) is 5.56 Å². The topological polar surface area (TPSA) is 69.1 Å². The fourth-order valence-corrected chi connectivity index (χ4v) is 4.20. The van der Waals surface area contributed by atoms with Gasteiger partial charge in [-0.2, -0.15) is 0 Å². The Morgan fingerprint density at radius 3 is 2.67 bits per heavy atom. The molecule has 0 spiro atoms. The van der Waals surface area contributed by atoms with Crippen LogP contribution in [0, 0.1) is 0 Å². The molecule has 0 atom stereocenters. The third-order valence-electron chi connectivity index (χ3n) is 5.14. The van der Waals surface area contributed by atoms with Crippen LogP contribution in [0.2, 0.25) is 0 Å². The van der Waals surface area contributed by atoms with Crippen LogP contribution < -0.4 is 15.0 Å². The number of rotatable bonds is 2. The third-order valence-corrected chi connectivity index (χ3v) is 5.63. The second kappa shape index (κ2) is 5.85. The van der Waals surface area contributed by atoms with Gasteiger partial charge in [-0.25, -0.2) is 4.98 Å². The minimum atomic E-state index is -0.0681. The molecule has 3 heterocycles. The number of hydrogen-bond donors (Lipinski definition) is 1. The van der Waals surface area contributed by atoms with Gasteiger partial charge in [0.1, 0.15) is 0 Å². The first-order valence-electron chi connectivity index (χ1n) is 8.57. The van der Waals surface area contributed by atoms with E-state index >= 15 is 0 Å². The van der Waals surface area contributed by atoms with Crippen molar-refractivity contribution in [2.24, 2.45) is 0 Å². The fourth-order valence-electron chi connectivity index (χ4n) is 3.84. The molecule has 1 N–H and O–H groups in total. The van der Waals surface area contributed by atoms with E-state index in [4.69, 9.17) is 14.5 Å². The summed E-state index contributed by atoms with van der Waals surface area (Å²) in [4.78, 5) is 21.4. The lowest BCUT2D eigenvalue weighted by molar-refractivity contribution is 0.355. The van der Waals surface area contributed by atoms with E-state index in [1.165, 1.54) is 5.56 Å². The standard InChI is InChI=1S/C20H16BrN3O3/c1-26-16-8-13-15(9-17(16)27-2)23-19-18-11(5-6-24(19)20(13)25)12-7-10(21)3-4-14(12)22-18/h3-4,7-9,22H,5-6H2,1-2H3. The summed E-state index contributed by atoms with van der Waals surface area (Å²) in [5.41, 5.74) is 3.66. The van der Waals surface area contributed by atoms with Crippen LogP contribution >= 0.6 is 15.9 Å². The third kappa shape index (κ3) is 2.31. The molecule has 0 saturated heterocycles. The number of aromatic nitrogens is 3. The number of nitrogens with zero attached hydrogens (tertiary/aromatic N) is 2. The van der Waals surface area contributed by atoms with Crippen LogP contribution in [0.4, 0.5) is 0 Å². The maximum absolute atomic E-state index is 13.1. The van der Waals surface area contributed by atoms with E-state index in [1.54, 1.807) is 30.9 Å². The summed E-state index contributed by atoms with van der Waals surface area (Å²) in [5.74, 6) is 1.74. The van der Waals surface area contributed by atoms with Gasteiger partial charge in [0, 0.05) is 28.0 Å². The molecule has 4 aromatic rings. The van der Waals surface area contributed by atoms with Gasteiger partial charge in [-0.1, -0.05) is 15.9 Å². The van der Waals surface area contributed by atoms with Crippen molar-refractivity contribution >= 4 is 37.7 Å². The van der Waals surface area contributed by atoms with Crippen LogP contribution in [0.25, 0.3) is 33.3 Å². The van der Waals surface area contributed by atoms with Gasteiger partial charge < -0.3 is 14.5 Å². The highest BCUT2D eigenvalue weighted by atomic mass is 79.9. The Kier molecular flexibility index (Phi) is 3.55. The van der Waals surface area contributed by atoms with Crippen LogP contribution in [-0.4, -0.2) is 28.8 Å². The molecular formula is C20H16BrN3O3. The van der Waals surface area contributed by atoms with Gasteiger partial charge in [-0.15, -0.1) is 0 Å². The van der Waals surface area contributed by atoms with Crippen LogP contribution in [0.3, 0.4) is 0 Å². The number of H-pyrrole nitrogens is 1. The maximum Gasteiger partial charge on any atom is 0.261 e. The molecule has 0 radical (unpaired) electrons. The predicted octanol–water partition coefficient (Wildman–Crippen LogP) is 3.88. The molecule has 27 heavy (non-hydrogen) atoms. The predicted molar refractivity (Wildman–Crippen MR) is 108 cm³/mol. The maximum atomic E-state index is 13.1. The highest BCUT2D eigenvalue weighted by Gasteiger charge is 2.24. The Morgan fingerprint density at radius 1 is 1.11 bits per heavy atom. The largest absolute Gasteiger partial charge is 0.493 e. The van der Waals surface area contributed by atoms with E-state index in [0.717, 1.165) is 27.5 Å². The number of methoxy groups -OCH3 is 2. The van der Waals surface area contributed by atoms with E-state index < -0.39 is 0 Å². The molecule has 0 fully saturated rings. The summed E-state index contributed by atoms with van der Waals surface area (Å²) in [5, 5.41) is 1.69. The zero-order valence-corrected chi connectivity index (χ0v) is 16.4. The van der Waals surface area contributed by atoms with E-state index in [2.05, 4.69) is 27.0 Å². The number of aryl methyl sites for hydroxylation is 1. The molecule has 1 aliphatic heterocycles. The summed E-state index contributed by atoms with van der Waals surface area (Å²) < 4.78 is 13.5. The van der Waals surface area contributed by atoms with Crippen molar-refractivity contribution in [2.45, 2.75) is 13.0 Å². The molecule has 2 aromatic carbocycles. The van der Waals surface area contributed by atoms with Gasteiger partial charge >= 0.3 is 0 Å². The van der Waals surface area contributed by atoms with E-state index in [1.807, 2.05) is 12.1 Å². The smallest absolute Gasteiger partial charge is 0.261 e. The summed E-state index contributed by atoms with van der Waals surface area (Å²) in [6, 6.07) is 9.60. The first-order chi connectivity index (χ1) is 13.1. The lowest BCUT2D eigenvalue weighted by atomic mass is 10.0. The lowest BCUT2D eigenvalue weighted by Crippen LogP contribution is -2.27. The monoisotopic (exact) mass is 425 g/mol. The summed E-state index contributed by atoms with van der Waals surface area (Å²) in [6.45, 7) is 0.595. The molecular weight excluding hydrogens is 410 g/mol. The average Bonchev–Trinajstić information content (AvgIpc) is 3.05. The Morgan fingerprint density at radius 2 is 1.89 bits per heavy atom. The molecule has 2 aromatic heterocycles.